The fourth-order valence-electron chi connectivity index (χ4n) is 3.15. The van der Waals surface area contributed by atoms with Gasteiger partial charge in [-0.1, -0.05) is 0 Å². The van der Waals surface area contributed by atoms with Gasteiger partial charge in [0.05, 0.1) is 50.8 Å². The Morgan fingerprint density at radius 1 is 0.964 bits per heavy atom. The summed E-state index contributed by atoms with van der Waals surface area (Å²) < 4.78 is 18.1. The molecule has 8 nitrogen and oxygen atoms in total. The Morgan fingerprint density at radius 3 is 2.32 bits per heavy atom. The number of benzene rings is 1. The van der Waals surface area contributed by atoms with Crippen molar-refractivity contribution in [1.82, 2.24) is 19.5 Å². The minimum absolute atomic E-state index is 0.546. The third kappa shape index (κ3) is 3.09. The van der Waals surface area contributed by atoms with Crippen molar-refractivity contribution in [2.24, 2.45) is 7.05 Å². The maximum atomic E-state index is 5.40. The zero-order valence-corrected chi connectivity index (χ0v) is 16.1. The van der Waals surface area contributed by atoms with E-state index in [1.54, 1.807) is 27.7 Å². The molecule has 2 N–H and O–H groups in total. The maximum Gasteiger partial charge on any atom is 0.203 e. The Kier molecular flexibility index (Phi) is 4.52. The second kappa shape index (κ2) is 7.15. The largest absolute Gasteiger partial charge is 0.493 e. The third-order valence-corrected chi connectivity index (χ3v) is 4.53. The van der Waals surface area contributed by atoms with Crippen LogP contribution in [0.2, 0.25) is 0 Å². The van der Waals surface area contributed by atoms with Crippen molar-refractivity contribution in [3.63, 3.8) is 0 Å². The number of aromatic nitrogens is 4. The number of hydrogen-bond acceptors (Lipinski definition) is 6. The summed E-state index contributed by atoms with van der Waals surface area (Å²) in [5.41, 5.74) is 3.75. The van der Waals surface area contributed by atoms with Crippen LogP contribution in [0.5, 0.6) is 17.2 Å². The maximum absolute atomic E-state index is 5.40. The molecule has 4 rings (SSSR count). The van der Waals surface area contributed by atoms with Crippen molar-refractivity contribution in [3.05, 3.63) is 43.0 Å². The molecule has 3 heterocycles. The lowest BCUT2D eigenvalue weighted by Crippen LogP contribution is -1.98. The number of aromatic amines is 1. The van der Waals surface area contributed by atoms with Crippen molar-refractivity contribution >= 4 is 22.4 Å². The molecule has 0 aliphatic rings. The van der Waals surface area contributed by atoms with Gasteiger partial charge >= 0.3 is 0 Å². The highest BCUT2D eigenvalue weighted by Crippen LogP contribution is 2.40. The van der Waals surface area contributed by atoms with Crippen LogP contribution in [0.15, 0.2) is 43.0 Å². The van der Waals surface area contributed by atoms with Gasteiger partial charge in [0.15, 0.2) is 11.5 Å². The van der Waals surface area contributed by atoms with Gasteiger partial charge in [0.25, 0.3) is 0 Å². The van der Waals surface area contributed by atoms with Crippen LogP contribution in [0.3, 0.4) is 0 Å². The van der Waals surface area contributed by atoms with E-state index in [1.807, 2.05) is 42.2 Å². The molecule has 144 valence electrons. The second-order valence-electron chi connectivity index (χ2n) is 6.27. The zero-order chi connectivity index (χ0) is 19.7. The predicted octanol–water partition coefficient (Wildman–Crippen LogP) is 3.73. The van der Waals surface area contributed by atoms with E-state index in [0.29, 0.717) is 23.1 Å². The van der Waals surface area contributed by atoms with Gasteiger partial charge in [0, 0.05) is 42.5 Å². The number of H-pyrrole nitrogens is 1. The molecule has 1 aromatic carbocycles. The number of pyridine rings is 1. The van der Waals surface area contributed by atoms with Gasteiger partial charge in [0.1, 0.15) is 5.82 Å². The van der Waals surface area contributed by atoms with Crippen LogP contribution in [-0.4, -0.2) is 40.8 Å². The highest BCUT2D eigenvalue weighted by Gasteiger charge is 2.14. The number of fused-ring (bicyclic) bond motifs is 1. The van der Waals surface area contributed by atoms with Crippen molar-refractivity contribution in [2.75, 3.05) is 26.6 Å². The summed E-state index contributed by atoms with van der Waals surface area (Å²) in [5, 5.41) is 4.31. The summed E-state index contributed by atoms with van der Waals surface area (Å²) in [7, 11) is 6.71. The number of nitrogens with one attached hydrogen (secondary N) is 2. The number of anilines is 2. The summed E-state index contributed by atoms with van der Waals surface area (Å²) >= 11 is 0. The average molecular weight is 379 g/mol. The number of aryl methyl sites for hydroxylation is 1. The van der Waals surface area contributed by atoms with E-state index >= 15 is 0 Å². The van der Waals surface area contributed by atoms with Gasteiger partial charge < -0.3 is 29.1 Å². The van der Waals surface area contributed by atoms with Crippen LogP contribution in [0.1, 0.15) is 0 Å². The Hall–Kier alpha value is -3.68. The van der Waals surface area contributed by atoms with Gasteiger partial charge in [-0.05, 0) is 6.07 Å². The molecule has 0 saturated carbocycles. The molecule has 0 unspecified atom stereocenters. The molecule has 0 aliphatic carbocycles. The number of imidazole rings is 1. The first-order chi connectivity index (χ1) is 13.6. The van der Waals surface area contributed by atoms with Crippen LogP contribution in [-0.2, 0) is 7.05 Å². The minimum atomic E-state index is 0.546. The lowest BCUT2D eigenvalue weighted by molar-refractivity contribution is 0.324. The molecule has 0 atom stereocenters. The molecule has 0 radical (unpaired) electrons. The molecule has 0 fully saturated rings. The summed E-state index contributed by atoms with van der Waals surface area (Å²) in [5.74, 6) is 2.39. The van der Waals surface area contributed by atoms with Crippen LogP contribution in [0.4, 0.5) is 11.5 Å². The number of ether oxygens (including phenoxy) is 3. The second-order valence-corrected chi connectivity index (χ2v) is 6.27. The molecule has 28 heavy (non-hydrogen) atoms. The smallest absolute Gasteiger partial charge is 0.203 e. The number of hydrogen-bond donors (Lipinski definition) is 2. The first-order valence-corrected chi connectivity index (χ1v) is 8.65. The van der Waals surface area contributed by atoms with E-state index in [-0.39, 0.29) is 0 Å². The number of nitrogens with zero attached hydrogens (tertiary/aromatic N) is 3. The van der Waals surface area contributed by atoms with E-state index < -0.39 is 0 Å². The molecule has 0 saturated heterocycles. The molecular weight excluding hydrogens is 358 g/mol. The molecular formula is C20H21N5O3. The summed E-state index contributed by atoms with van der Waals surface area (Å²) in [6.45, 7) is 0. The normalized spacial score (nSPS) is 10.9. The number of methoxy groups -OCH3 is 3. The average Bonchev–Trinajstić information content (AvgIpc) is 3.32. The molecule has 0 bridgehead atoms. The fourth-order valence-corrected chi connectivity index (χ4v) is 3.15. The van der Waals surface area contributed by atoms with Gasteiger partial charge in [-0.25, -0.2) is 9.97 Å². The van der Waals surface area contributed by atoms with Crippen molar-refractivity contribution in [1.29, 1.82) is 0 Å². The Morgan fingerprint density at radius 2 is 1.71 bits per heavy atom. The van der Waals surface area contributed by atoms with E-state index in [4.69, 9.17) is 14.2 Å². The third-order valence-electron chi connectivity index (χ3n) is 4.53. The van der Waals surface area contributed by atoms with Crippen LogP contribution < -0.4 is 19.5 Å². The molecule has 8 heteroatoms. The lowest BCUT2D eigenvalue weighted by Gasteiger charge is -2.14. The first-order valence-electron chi connectivity index (χ1n) is 8.65. The topological polar surface area (TPSA) is 86.2 Å². The SMILES string of the molecule is COc1cc(Nc2cc3[nH]c(-c4cncn4C)cc3cn2)cc(OC)c1OC. The summed E-state index contributed by atoms with van der Waals surface area (Å²) in [4.78, 5) is 12.1. The molecule has 0 spiro atoms. The van der Waals surface area contributed by atoms with Crippen molar-refractivity contribution < 1.29 is 14.2 Å². The first kappa shape index (κ1) is 17.7. The monoisotopic (exact) mass is 379 g/mol. The summed E-state index contributed by atoms with van der Waals surface area (Å²) in [6, 6.07) is 7.69. The predicted molar refractivity (Wildman–Crippen MR) is 108 cm³/mol. The van der Waals surface area contributed by atoms with Gasteiger partial charge in [-0.15, -0.1) is 0 Å². The van der Waals surface area contributed by atoms with Crippen molar-refractivity contribution in [3.8, 4) is 28.6 Å². The van der Waals surface area contributed by atoms with Crippen molar-refractivity contribution in [2.45, 2.75) is 0 Å². The quantitative estimate of drug-likeness (QED) is 0.531. The Bertz CT molecular complexity index is 1110. The Labute approximate surface area is 162 Å². The summed E-state index contributed by atoms with van der Waals surface area (Å²) in [6.07, 6.45) is 5.43. The Balaban J connectivity index is 1.68. The van der Waals surface area contributed by atoms with Gasteiger partial charge in [0.2, 0.25) is 5.75 Å². The fraction of sp³-hybridized carbons (Fsp3) is 0.200. The minimum Gasteiger partial charge on any atom is -0.493 e. The lowest BCUT2D eigenvalue weighted by atomic mass is 10.2. The van der Waals surface area contributed by atoms with Crippen LogP contribution in [0.25, 0.3) is 22.3 Å². The highest BCUT2D eigenvalue weighted by atomic mass is 16.5. The van der Waals surface area contributed by atoms with E-state index in [2.05, 4.69) is 26.3 Å². The standard InChI is InChI=1S/C20H21N5O3/c1-25-11-21-10-16(25)15-5-12-9-22-19(8-14(12)24-15)23-13-6-17(26-2)20(28-4)18(7-13)27-3/h5-11,24H,1-4H3,(H,22,23). The zero-order valence-electron chi connectivity index (χ0n) is 16.1. The number of rotatable bonds is 6. The molecule has 0 amide bonds. The van der Waals surface area contributed by atoms with E-state index in [0.717, 1.165) is 28.0 Å². The van der Waals surface area contributed by atoms with E-state index in [9.17, 15) is 0 Å². The van der Waals surface area contributed by atoms with Crippen LogP contribution in [0, 0.1) is 0 Å². The van der Waals surface area contributed by atoms with Crippen LogP contribution >= 0.6 is 0 Å². The van der Waals surface area contributed by atoms with Gasteiger partial charge in [-0.2, -0.15) is 0 Å². The van der Waals surface area contributed by atoms with Gasteiger partial charge in [-0.3, -0.25) is 0 Å². The highest BCUT2D eigenvalue weighted by molar-refractivity contribution is 5.86. The van der Waals surface area contributed by atoms with E-state index in [1.165, 1.54) is 0 Å². The molecule has 0 aliphatic heterocycles. The molecule has 4 aromatic rings. The molecule has 3 aromatic heterocycles.